The van der Waals surface area contributed by atoms with E-state index in [1.54, 1.807) is 0 Å². The third-order valence-corrected chi connectivity index (χ3v) is 3.52. The molecule has 1 unspecified atom stereocenters. The molecule has 1 saturated carbocycles. The molecule has 1 aliphatic carbocycles. The molecule has 0 radical (unpaired) electrons. The topological polar surface area (TPSA) is 20.2 Å². The monoisotopic (exact) mass is 254 g/mol. The van der Waals surface area contributed by atoms with Gasteiger partial charge in [-0.15, -0.1) is 0 Å². The van der Waals surface area contributed by atoms with Crippen LogP contribution in [0.25, 0.3) is 0 Å². The van der Waals surface area contributed by atoms with Crippen LogP contribution in [0.3, 0.4) is 0 Å². The van der Waals surface area contributed by atoms with Gasteiger partial charge in [0.25, 0.3) is 0 Å². The quantitative estimate of drug-likeness (QED) is 0.879. The lowest BCUT2D eigenvalue weighted by molar-refractivity contribution is 0.0630. The largest absolute Gasteiger partial charge is 0.392 e. The molecular weight excluding hydrogens is 240 g/mol. The Morgan fingerprint density at radius 3 is 2.79 bits per heavy atom. The second kappa shape index (κ2) is 4.45. The van der Waals surface area contributed by atoms with Crippen molar-refractivity contribution in [3.63, 3.8) is 0 Å². The van der Waals surface area contributed by atoms with Gasteiger partial charge in [-0.3, -0.25) is 0 Å². The number of halogens is 1. The Labute approximate surface area is 93.3 Å². The molecule has 1 atom stereocenters. The summed E-state index contributed by atoms with van der Waals surface area (Å²) in [5, 5.41) is 9.90. The zero-order chi connectivity index (χ0) is 9.97. The van der Waals surface area contributed by atoms with E-state index in [1.807, 2.05) is 12.1 Å². The van der Waals surface area contributed by atoms with Crippen LogP contribution >= 0.6 is 15.9 Å². The van der Waals surface area contributed by atoms with Crippen LogP contribution in [-0.2, 0) is 6.42 Å². The van der Waals surface area contributed by atoms with Crippen molar-refractivity contribution >= 4 is 15.9 Å². The lowest BCUT2D eigenvalue weighted by atomic mass is 9.79. The van der Waals surface area contributed by atoms with E-state index >= 15 is 0 Å². The van der Waals surface area contributed by atoms with Crippen LogP contribution in [0.5, 0.6) is 0 Å². The van der Waals surface area contributed by atoms with Crippen molar-refractivity contribution in [2.24, 2.45) is 5.92 Å². The van der Waals surface area contributed by atoms with Crippen molar-refractivity contribution in [3.05, 3.63) is 34.3 Å². The standard InChI is InChI=1S/C12H15BrO/c13-11-6-1-3-9(7-11)8-12(14)10-4-2-5-10/h1,3,6-7,10,12,14H,2,4-5,8H2. The van der Waals surface area contributed by atoms with Gasteiger partial charge in [0.2, 0.25) is 0 Å². The fourth-order valence-electron chi connectivity index (χ4n) is 1.90. The van der Waals surface area contributed by atoms with E-state index in [0.29, 0.717) is 5.92 Å². The van der Waals surface area contributed by atoms with Crippen LogP contribution < -0.4 is 0 Å². The third-order valence-electron chi connectivity index (χ3n) is 3.03. The van der Waals surface area contributed by atoms with Gasteiger partial charge in [0, 0.05) is 4.47 Å². The molecule has 1 aromatic carbocycles. The van der Waals surface area contributed by atoms with E-state index in [0.717, 1.165) is 10.9 Å². The third kappa shape index (κ3) is 2.37. The summed E-state index contributed by atoms with van der Waals surface area (Å²) in [5.74, 6) is 0.550. The van der Waals surface area contributed by atoms with Gasteiger partial charge in [0.15, 0.2) is 0 Å². The molecular formula is C12H15BrO. The summed E-state index contributed by atoms with van der Waals surface area (Å²) < 4.78 is 1.09. The maximum atomic E-state index is 9.90. The molecule has 1 aliphatic rings. The van der Waals surface area contributed by atoms with Crippen LogP contribution in [0.1, 0.15) is 24.8 Å². The molecule has 76 valence electrons. The number of hydrogen-bond donors (Lipinski definition) is 1. The number of aliphatic hydroxyl groups excluding tert-OH is 1. The molecule has 0 heterocycles. The van der Waals surface area contributed by atoms with Gasteiger partial charge in [-0.05, 0) is 42.9 Å². The first-order valence-corrected chi connectivity index (χ1v) is 5.97. The maximum Gasteiger partial charge on any atom is 0.0608 e. The number of benzene rings is 1. The summed E-state index contributed by atoms with van der Waals surface area (Å²) in [6.45, 7) is 0. The van der Waals surface area contributed by atoms with E-state index < -0.39 is 0 Å². The minimum atomic E-state index is -0.141. The Bertz CT molecular complexity index is 307. The Morgan fingerprint density at radius 1 is 1.43 bits per heavy atom. The number of aliphatic hydroxyl groups is 1. The summed E-state index contributed by atoms with van der Waals surface area (Å²) in [7, 11) is 0. The van der Waals surface area contributed by atoms with E-state index in [9.17, 15) is 5.11 Å². The first-order chi connectivity index (χ1) is 6.75. The van der Waals surface area contributed by atoms with Crippen LogP contribution in [0.2, 0.25) is 0 Å². The highest BCUT2D eigenvalue weighted by Gasteiger charge is 2.25. The second-order valence-corrected chi connectivity index (χ2v) is 5.01. The van der Waals surface area contributed by atoms with E-state index in [1.165, 1.54) is 24.8 Å². The smallest absolute Gasteiger partial charge is 0.0608 e. The minimum Gasteiger partial charge on any atom is -0.392 e. The highest BCUT2D eigenvalue weighted by molar-refractivity contribution is 9.10. The zero-order valence-electron chi connectivity index (χ0n) is 8.12. The van der Waals surface area contributed by atoms with Gasteiger partial charge in [0.1, 0.15) is 0 Å². The summed E-state index contributed by atoms with van der Waals surface area (Å²) in [6, 6.07) is 8.20. The SMILES string of the molecule is OC(Cc1cccc(Br)c1)C1CCC1. The lowest BCUT2D eigenvalue weighted by Gasteiger charge is -2.30. The normalized spacial score (nSPS) is 19.0. The summed E-state index contributed by atoms with van der Waals surface area (Å²) in [5.41, 5.74) is 1.22. The Morgan fingerprint density at radius 2 is 2.21 bits per heavy atom. The highest BCUT2D eigenvalue weighted by atomic mass is 79.9. The predicted octanol–water partition coefficient (Wildman–Crippen LogP) is 3.15. The molecule has 0 aromatic heterocycles. The Balaban J connectivity index is 1.95. The molecule has 0 spiro atoms. The Hall–Kier alpha value is -0.340. The molecule has 1 nitrogen and oxygen atoms in total. The summed E-state index contributed by atoms with van der Waals surface area (Å²) in [6.07, 6.45) is 4.35. The maximum absolute atomic E-state index is 9.90. The molecule has 14 heavy (non-hydrogen) atoms. The van der Waals surface area contributed by atoms with Crippen LogP contribution in [0, 0.1) is 5.92 Å². The molecule has 0 aliphatic heterocycles. The van der Waals surface area contributed by atoms with Crippen molar-refractivity contribution in [1.29, 1.82) is 0 Å². The fraction of sp³-hybridized carbons (Fsp3) is 0.500. The van der Waals surface area contributed by atoms with Gasteiger partial charge >= 0.3 is 0 Å². The van der Waals surface area contributed by atoms with Crippen LogP contribution in [0.4, 0.5) is 0 Å². The van der Waals surface area contributed by atoms with Gasteiger partial charge in [-0.1, -0.05) is 34.5 Å². The van der Waals surface area contributed by atoms with Crippen molar-refractivity contribution in [3.8, 4) is 0 Å². The minimum absolute atomic E-state index is 0.141. The molecule has 0 bridgehead atoms. The van der Waals surface area contributed by atoms with Crippen LogP contribution in [-0.4, -0.2) is 11.2 Å². The Kier molecular flexibility index (Phi) is 3.24. The highest BCUT2D eigenvalue weighted by Crippen LogP contribution is 2.31. The molecule has 2 rings (SSSR count). The lowest BCUT2D eigenvalue weighted by Crippen LogP contribution is -2.28. The van der Waals surface area contributed by atoms with E-state index in [-0.39, 0.29) is 6.10 Å². The number of rotatable bonds is 3. The fourth-order valence-corrected chi connectivity index (χ4v) is 2.34. The second-order valence-electron chi connectivity index (χ2n) is 4.09. The average Bonchev–Trinajstić information content (AvgIpc) is 1.99. The zero-order valence-corrected chi connectivity index (χ0v) is 9.70. The van der Waals surface area contributed by atoms with Crippen molar-refractivity contribution in [1.82, 2.24) is 0 Å². The van der Waals surface area contributed by atoms with Crippen molar-refractivity contribution in [2.45, 2.75) is 31.8 Å². The van der Waals surface area contributed by atoms with Gasteiger partial charge < -0.3 is 5.11 Å². The summed E-state index contributed by atoms with van der Waals surface area (Å²) >= 11 is 3.44. The first kappa shape index (κ1) is 10.2. The molecule has 0 saturated heterocycles. The first-order valence-electron chi connectivity index (χ1n) is 5.18. The van der Waals surface area contributed by atoms with E-state index in [2.05, 4.69) is 28.1 Å². The van der Waals surface area contributed by atoms with Gasteiger partial charge in [-0.25, -0.2) is 0 Å². The van der Waals surface area contributed by atoms with E-state index in [4.69, 9.17) is 0 Å². The van der Waals surface area contributed by atoms with Crippen LogP contribution in [0.15, 0.2) is 28.7 Å². The number of hydrogen-bond acceptors (Lipinski definition) is 1. The van der Waals surface area contributed by atoms with Crippen molar-refractivity contribution < 1.29 is 5.11 Å². The van der Waals surface area contributed by atoms with Crippen molar-refractivity contribution in [2.75, 3.05) is 0 Å². The summed E-state index contributed by atoms with van der Waals surface area (Å²) in [4.78, 5) is 0. The average molecular weight is 255 g/mol. The molecule has 1 N–H and O–H groups in total. The molecule has 0 amide bonds. The van der Waals surface area contributed by atoms with Gasteiger partial charge in [-0.2, -0.15) is 0 Å². The predicted molar refractivity (Wildman–Crippen MR) is 61.2 cm³/mol. The van der Waals surface area contributed by atoms with Gasteiger partial charge in [0.05, 0.1) is 6.10 Å². The molecule has 2 heteroatoms. The molecule has 1 aromatic rings. The molecule has 1 fully saturated rings.